The summed E-state index contributed by atoms with van der Waals surface area (Å²) in [6, 6.07) is 11.8. The fourth-order valence-electron chi connectivity index (χ4n) is 4.61. The predicted molar refractivity (Wildman–Crippen MR) is 136 cm³/mol. The van der Waals surface area contributed by atoms with Gasteiger partial charge in [0.2, 0.25) is 0 Å². The van der Waals surface area contributed by atoms with Gasteiger partial charge in [0.25, 0.3) is 0 Å². The molecule has 1 aromatic carbocycles. The first-order chi connectivity index (χ1) is 14.8. The first kappa shape index (κ1) is 27.2. The molecule has 0 aliphatic carbocycles. The molecule has 0 saturated carbocycles. The van der Waals surface area contributed by atoms with Crippen molar-refractivity contribution in [1.82, 2.24) is 4.90 Å². The summed E-state index contributed by atoms with van der Waals surface area (Å²) < 4.78 is 0. The molecule has 0 aromatic heterocycles. The molecule has 1 rings (SSSR count). The summed E-state index contributed by atoms with van der Waals surface area (Å²) in [5, 5.41) is 0. The van der Waals surface area contributed by atoms with Crippen LogP contribution in [0.1, 0.15) is 135 Å². The largest absolute Gasteiger partial charge is 0.299 e. The molecule has 1 nitrogen and oxygen atoms in total. The van der Waals surface area contributed by atoms with E-state index in [1.807, 2.05) is 0 Å². The molecule has 1 heteroatoms. The minimum absolute atomic E-state index is 0.755. The minimum Gasteiger partial charge on any atom is -0.299 e. The summed E-state index contributed by atoms with van der Waals surface area (Å²) in [4.78, 5) is 2.64. The SMILES string of the molecule is CCCCCCCCCCC(CCCCCCCCCC)N(C)Cc1ccccc1. The van der Waals surface area contributed by atoms with Crippen molar-refractivity contribution in [3.63, 3.8) is 0 Å². The van der Waals surface area contributed by atoms with Gasteiger partial charge in [-0.05, 0) is 25.5 Å². The van der Waals surface area contributed by atoms with Crippen molar-refractivity contribution in [2.24, 2.45) is 0 Å². The van der Waals surface area contributed by atoms with Gasteiger partial charge in [-0.1, -0.05) is 147 Å². The van der Waals surface area contributed by atoms with Gasteiger partial charge in [0.1, 0.15) is 0 Å². The van der Waals surface area contributed by atoms with E-state index in [1.54, 1.807) is 0 Å². The molecule has 0 aliphatic rings. The highest BCUT2D eigenvalue weighted by atomic mass is 15.1. The van der Waals surface area contributed by atoms with Crippen LogP contribution in [0.2, 0.25) is 0 Å². The Bertz CT molecular complexity index is 435. The lowest BCUT2D eigenvalue weighted by molar-refractivity contribution is 0.202. The zero-order valence-electron chi connectivity index (χ0n) is 20.8. The number of hydrogen-bond acceptors (Lipinski definition) is 1. The Labute approximate surface area is 190 Å². The standard InChI is InChI=1S/C29H53N/c1-4-6-8-10-12-14-16-21-25-29(26-22-17-15-13-11-9-7-5-2)30(3)27-28-23-19-18-20-24-28/h18-20,23-24,29H,4-17,21-22,25-27H2,1-3H3. The van der Waals surface area contributed by atoms with Gasteiger partial charge in [0.15, 0.2) is 0 Å². The van der Waals surface area contributed by atoms with E-state index in [1.165, 1.54) is 121 Å². The van der Waals surface area contributed by atoms with E-state index in [2.05, 4.69) is 56.1 Å². The van der Waals surface area contributed by atoms with Crippen molar-refractivity contribution < 1.29 is 0 Å². The Hall–Kier alpha value is -0.820. The predicted octanol–water partition coefficient (Wildman–Crippen LogP) is 9.55. The van der Waals surface area contributed by atoms with E-state index >= 15 is 0 Å². The lowest BCUT2D eigenvalue weighted by Crippen LogP contribution is -2.31. The van der Waals surface area contributed by atoms with Gasteiger partial charge in [-0.3, -0.25) is 4.90 Å². The van der Waals surface area contributed by atoms with E-state index < -0.39 is 0 Å². The second kappa shape index (κ2) is 20.1. The van der Waals surface area contributed by atoms with Crippen LogP contribution in [0.25, 0.3) is 0 Å². The Morgan fingerprint density at radius 2 is 0.967 bits per heavy atom. The van der Waals surface area contributed by atoms with Crippen molar-refractivity contribution in [2.75, 3.05) is 7.05 Å². The Morgan fingerprint density at radius 1 is 0.567 bits per heavy atom. The summed E-state index contributed by atoms with van der Waals surface area (Å²) in [5.74, 6) is 0. The fourth-order valence-corrected chi connectivity index (χ4v) is 4.61. The second-order valence-corrected chi connectivity index (χ2v) is 9.58. The van der Waals surface area contributed by atoms with E-state index in [4.69, 9.17) is 0 Å². The second-order valence-electron chi connectivity index (χ2n) is 9.58. The molecule has 1 aromatic rings. The third-order valence-corrected chi connectivity index (χ3v) is 6.68. The molecule has 174 valence electrons. The summed E-state index contributed by atoms with van der Waals surface area (Å²) in [5.41, 5.74) is 1.46. The Kier molecular flexibility index (Phi) is 18.2. The molecule has 0 bridgehead atoms. The summed E-state index contributed by atoms with van der Waals surface area (Å²) in [6.07, 6.45) is 25.6. The maximum atomic E-state index is 2.64. The van der Waals surface area contributed by atoms with Crippen molar-refractivity contribution in [3.8, 4) is 0 Å². The number of unbranched alkanes of at least 4 members (excludes halogenated alkanes) is 14. The molecule has 0 saturated heterocycles. The third kappa shape index (κ3) is 15.1. The van der Waals surface area contributed by atoms with Crippen LogP contribution < -0.4 is 0 Å². The molecule has 0 spiro atoms. The lowest BCUT2D eigenvalue weighted by atomic mass is 9.98. The average molecular weight is 416 g/mol. The number of hydrogen-bond donors (Lipinski definition) is 0. The van der Waals surface area contributed by atoms with Crippen LogP contribution in [-0.2, 0) is 6.54 Å². The molecule has 0 heterocycles. The van der Waals surface area contributed by atoms with Crippen LogP contribution in [0.3, 0.4) is 0 Å². The third-order valence-electron chi connectivity index (χ3n) is 6.68. The smallest absolute Gasteiger partial charge is 0.0233 e. The monoisotopic (exact) mass is 415 g/mol. The molecule has 30 heavy (non-hydrogen) atoms. The molecular formula is C29H53N. The van der Waals surface area contributed by atoms with E-state index in [0.717, 1.165) is 12.6 Å². The van der Waals surface area contributed by atoms with Crippen LogP contribution in [0, 0.1) is 0 Å². The highest BCUT2D eigenvalue weighted by Gasteiger charge is 2.14. The van der Waals surface area contributed by atoms with Crippen LogP contribution >= 0.6 is 0 Å². The normalized spacial score (nSPS) is 11.6. The molecular weight excluding hydrogens is 362 g/mol. The first-order valence-corrected chi connectivity index (χ1v) is 13.5. The van der Waals surface area contributed by atoms with Gasteiger partial charge in [0, 0.05) is 12.6 Å². The maximum Gasteiger partial charge on any atom is 0.0233 e. The summed E-state index contributed by atoms with van der Waals surface area (Å²) in [6.45, 7) is 5.71. The summed E-state index contributed by atoms with van der Waals surface area (Å²) in [7, 11) is 2.35. The van der Waals surface area contributed by atoms with Gasteiger partial charge < -0.3 is 0 Å². The van der Waals surface area contributed by atoms with Crippen LogP contribution in [0.4, 0.5) is 0 Å². The van der Waals surface area contributed by atoms with Gasteiger partial charge in [-0.25, -0.2) is 0 Å². The topological polar surface area (TPSA) is 3.24 Å². The highest BCUT2D eigenvalue weighted by Crippen LogP contribution is 2.20. The van der Waals surface area contributed by atoms with E-state index in [0.29, 0.717) is 0 Å². The quantitative estimate of drug-likeness (QED) is 0.181. The maximum absolute atomic E-state index is 2.64. The summed E-state index contributed by atoms with van der Waals surface area (Å²) >= 11 is 0. The Morgan fingerprint density at radius 3 is 1.40 bits per heavy atom. The number of rotatable bonds is 21. The van der Waals surface area contributed by atoms with Crippen LogP contribution in [0.15, 0.2) is 30.3 Å². The fraction of sp³-hybridized carbons (Fsp3) is 0.793. The van der Waals surface area contributed by atoms with Gasteiger partial charge in [-0.2, -0.15) is 0 Å². The molecule has 0 amide bonds. The van der Waals surface area contributed by atoms with Crippen molar-refractivity contribution in [3.05, 3.63) is 35.9 Å². The molecule has 0 unspecified atom stereocenters. The Balaban J connectivity index is 2.28. The molecule has 0 aliphatic heterocycles. The molecule has 0 atom stereocenters. The number of benzene rings is 1. The van der Waals surface area contributed by atoms with E-state index in [9.17, 15) is 0 Å². The molecule has 0 N–H and O–H groups in total. The van der Waals surface area contributed by atoms with Gasteiger partial charge in [-0.15, -0.1) is 0 Å². The molecule has 0 radical (unpaired) electrons. The van der Waals surface area contributed by atoms with Gasteiger partial charge >= 0.3 is 0 Å². The average Bonchev–Trinajstić information content (AvgIpc) is 2.76. The van der Waals surface area contributed by atoms with Crippen LogP contribution in [-0.4, -0.2) is 18.0 Å². The van der Waals surface area contributed by atoms with Crippen molar-refractivity contribution in [1.29, 1.82) is 0 Å². The van der Waals surface area contributed by atoms with Crippen molar-refractivity contribution >= 4 is 0 Å². The lowest BCUT2D eigenvalue weighted by Gasteiger charge is -2.28. The molecule has 0 fully saturated rings. The van der Waals surface area contributed by atoms with E-state index in [-0.39, 0.29) is 0 Å². The number of nitrogens with zero attached hydrogens (tertiary/aromatic N) is 1. The van der Waals surface area contributed by atoms with Crippen LogP contribution in [0.5, 0.6) is 0 Å². The first-order valence-electron chi connectivity index (χ1n) is 13.5. The van der Waals surface area contributed by atoms with Gasteiger partial charge in [0.05, 0.1) is 0 Å². The highest BCUT2D eigenvalue weighted by molar-refractivity contribution is 5.14. The van der Waals surface area contributed by atoms with Crippen molar-refractivity contribution in [2.45, 2.75) is 142 Å². The zero-order chi connectivity index (χ0) is 21.7. The zero-order valence-corrected chi connectivity index (χ0v) is 20.8. The minimum atomic E-state index is 0.755.